The molecular weight excluding hydrogens is 398 g/mol. The summed E-state index contributed by atoms with van der Waals surface area (Å²) in [6, 6.07) is 19.3. The number of ether oxygens (including phenoxy) is 1. The Labute approximate surface area is 179 Å². The van der Waals surface area contributed by atoms with Crippen molar-refractivity contribution in [2.75, 3.05) is 26.5 Å². The van der Waals surface area contributed by atoms with Crippen LogP contribution in [0.2, 0.25) is 0 Å². The van der Waals surface area contributed by atoms with E-state index in [0.717, 1.165) is 16.4 Å². The van der Waals surface area contributed by atoms with Crippen LogP contribution < -0.4 is 0 Å². The average Bonchev–Trinajstić information content (AvgIpc) is 3.45. The number of imidazole rings is 1. The molecule has 0 saturated carbocycles. The lowest BCUT2D eigenvalue weighted by molar-refractivity contribution is -0.147. The number of carbonyl (C=O) groups is 2. The molecule has 1 atom stereocenters. The maximum absolute atomic E-state index is 13.5. The topological polar surface area (TPSA) is 64.4 Å². The first kappa shape index (κ1) is 20.2. The van der Waals surface area contributed by atoms with E-state index in [1.54, 1.807) is 11.1 Å². The number of benzene rings is 2. The molecule has 1 fully saturated rings. The number of thioether (sulfide) groups is 1. The first-order chi connectivity index (χ1) is 14.6. The van der Waals surface area contributed by atoms with Gasteiger partial charge in [-0.25, -0.2) is 4.98 Å². The van der Waals surface area contributed by atoms with Crippen molar-refractivity contribution in [1.82, 2.24) is 14.5 Å². The molecular formula is C23H23N3O3S. The maximum atomic E-state index is 13.5. The molecule has 2 aromatic carbocycles. The smallest absolute Gasteiger partial charge is 0.318 e. The van der Waals surface area contributed by atoms with Crippen LogP contribution in [0.25, 0.3) is 5.69 Å². The summed E-state index contributed by atoms with van der Waals surface area (Å²) >= 11 is 1.48. The molecule has 2 heterocycles. The maximum Gasteiger partial charge on any atom is 0.318 e. The second-order valence-corrected chi connectivity index (χ2v) is 7.99. The molecule has 0 bridgehead atoms. The molecule has 1 saturated heterocycles. The number of hydrogen-bond donors (Lipinski definition) is 0. The van der Waals surface area contributed by atoms with Crippen molar-refractivity contribution in [2.24, 2.45) is 0 Å². The lowest BCUT2D eigenvalue weighted by Gasteiger charge is -2.27. The third-order valence-corrected chi connectivity index (χ3v) is 6.26. The minimum absolute atomic E-state index is 0.145. The number of rotatable bonds is 5. The molecule has 6 nitrogen and oxygen atoms in total. The van der Waals surface area contributed by atoms with Crippen LogP contribution in [0.3, 0.4) is 0 Å². The Morgan fingerprint density at radius 2 is 1.73 bits per heavy atom. The van der Waals surface area contributed by atoms with Gasteiger partial charge in [-0.05, 0) is 30.4 Å². The van der Waals surface area contributed by atoms with Gasteiger partial charge in [0, 0.05) is 18.8 Å². The Balaban J connectivity index is 1.69. The van der Waals surface area contributed by atoms with Gasteiger partial charge in [0.25, 0.3) is 5.91 Å². The van der Waals surface area contributed by atoms with Gasteiger partial charge in [0.2, 0.25) is 0 Å². The van der Waals surface area contributed by atoms with Crippen molar-refractivity contribution in [3.63, 3.8) is 0 Å². The predicted octanol–water partition coefficient (Wildman–Crippen LogP) is 3.55. The number of nitrogens with zero attached hydrogens (tertiary/aromatic N) is 3. The van der Waals surface area contributed by atoms with Gasteiger partial charge in [-0.15, -0.1) is 0 Å². The van der Waals surface area contributed by atoms with Gasteiger partial charge >= 0.3 is 5.97 Å². The highest BCUT2D eigenvalue weighted by molar-refractivity contribution is 7.98. The molecule has 7 heteroatoms. The van der Waals surface area contributed by atoms with E-state index < -0.39 is 5.41 Å². The van der Waals surface area contributed by atoms with Crippen LogP contribution in [0.15, 0.2) is 72.0 Å². The van der Waals surface area contributed by atoms with Gasteiger partial charge in [-0.3, -0.25) is 14.2 Å². The zero-order chi connectivity index (χ0) is 21.1. The van der Waals surface area contributed by atoms with E-state index in [1.165, 1.54) is 18.9 Å². The third-order valence-electron chi connectivity index (χ3n) is 5.60. The van der Waals surface area contributed by atoms with E-state index in [2.05, 4.69) is 4.98 Å². The van der Waals surface area contributed by atoms with E-state index in [-0.39, 0.29) is 18.4 Å². The molecule has 1 aromatic heterocycles. The molecule has 30 heavy (non-hydrogen) atoms. The van der Waals surface area contributed by atoms with Gasteiger partial charge in [0.1, 0.15) is 11.1 Å². The first-order valence-corrected chi connectivity index (χ1v) is 10.9. The van der Waals surface area contributed by atoms with E-state index in [0.29, 0.717) is 18.7 Å². The molecule has 3 aromatic rings. The highest BCUT2D eigenvalue weighted by Gasteiger charge is 2.48. The van der Waals surface area contributed by atoms with Crippen LogP contribution in [-0.2, 0) is 14.9 Å². The summed E-state index contributed by atoms with van der Waals surface area (Å²) in [4.78, 5) is 32.5. The number of para-hydroxylation sites is 1. The van der Waals surface area contributed by atoms with Gasteiger partial charge in [0.05, 0.1) is 13.3 Å². The van der Waals surface area contributed by atoms with E-state index in [1.807, 2.05) is 71.5 Å². The van der Waals surface area contributed by atoms with E-state index >= 15 is 0 Å². The predicted molar refractivity (Wildman–Crippen MR) is 116 cm³/mol. The Kier molecular flexibility index (Phi) is 5.63. The van der Waals surface area contributed by atoms with Crippen LogP contribution >= 0.6 is 11.8 Å². The van der Waals surface area contributed by atoms with Crippen LogP contribution in [0.4, 0.5) is 0 Å². The van der Waals surface area contributed by atoms with Crippen molar-refractivity contribution in [3.8, 4) is 5.69 Å². The average molecular weight is 422 g/mol. The Morgan fingerprint density at radius 1 is 1.07 bits per heavy atom. The molecule has 1 unspecified atom stereocenters. The first-order valence-electron chi connectivity index (χ1n) is 9.71. The second kappa shape index (κ2) is 8.36. The van der Waals surface area contributed by atoms with E-state index in [4.69, 9.17) is 4.74 Å². The minimum atomic E-state index is -0.856. The Hall–Kier alpha value is -3.06. The Bertz CT molecular complexity index is 1050. The lowest BCUT2D eigenvalue weighted by Crippen LogP contribution is -2.41. The largest absolute Gasteiger partial charge is 0.468 e. The fourth-order valence-electron chi connectivity index (χ4n) is 4.07. The highest BCUT2D eigenvalue weighted by atomic mass is 32.2. The van der Waals surface area contributed by atoms with Crippen molar-refractivity contribution in [2.45, 2.75) is 17.0 Å². The van der Waals surface area contributed by atoms with Gasteiger partial charge in [0.15, 0.2) is 5.16 Å². The van der Waals surface area contributed by atoms with Crippen LogP contribution in [0.5, 0.6) is 0 Å². The molecule has 1 aliphatic rings. The molecule has 0 aliphatic carbocycles. The number of aromatic nitrogens is 2. The number of esters is 1. The van der Waals surface area contributed by atoms with Crippen molar-refractivity contribution in [1.29, 1.82) is 0 Å². The summed E-state index contributed by atoms with van der Waals surface area (Å²) in [5.74, 6) is -0.460. The fourth-order valence-corrected chi connectivity index (χ4v) is 4.62. The molecule has 0 radical (unpaired) electrons. The standard InChI is InChI=1S/C23H23N3O3S/c1-29-21(28)23(17-9-5-3-6-10-17)13-14-25(16-23)20(27)19-15-24-22(30-2)26(19)18-11-7-4-8-12-18/h3-12,15H,13-14,16H2,1-2H3. The molecule has 1 aliphatic heterocycles. The molecule has 154 valence electrons. The zero-order valence-corrected chi connectivity index (χ0v) is 17.8. The number of carbonyl (C=O) groups excluding carboxylic acids is 2. The molecule has 4 rings (SSSR count). The number of methoxy groups -OCH3 is 1. The van der Waals surface area contributed by atoms with Crippen LogP contribution in [0, 0.1) is 0 Å². The monoisotopic (exact) mass is 421 g/mol. The van der Waals surface area contributed by atoms with Crippen molar-refractivity contribution < 1.29 is 14.3 Å². The van der Waals surface area contributed by atoms with Gasteiger partial charge in [-0.1, -0.05) is 60.3 Å². The summed E-state index contributed by atoms with van der Waals surface area (Å²) in [7, 11) is 1.40. The van der Waals surface area contributed by atoms with Crippen molar-refractivity contribution >= 4 is 23.6 Å². The van der Waals surface area contributed by atoms with Gasteiger partial charge in [-0.2, -0.15) is 0 Å². The zero-order valence-electron chi connectivity index (χ0n) is 16.9. The van der Waals surface area contributed by atoms with Crippen LogP contribution in [0.1, 0.15) is 22.5 Å². The summed E-state index contributed by atoms with van der Waals surface area (Å²) < 4.78 is 7.01. The Morgan fingerprint density at radius 3 is 2.37 bits per heavy atom. The molecule has 0 N–H and O–H groups in total. The quantitative estimate of drug-likeness (QED) is 0.466. The number of amides is 1. The summed E-state index contributed by atoms with van der Waals surface area (Å²) in [6.45, 7) is 0.745. The SMILES string of the molecule is COC(=O)C1(c2ccccc2)CCN(C(=O)c2cnc(SC)n2-c2ccccc2)C1. The summed E-state index contributed by atoms with van der Waals surface area (Å²) in [5.41, 5.74) is 1.38. The fraction of sp³-hybridized carbons (Fsp3) is 0.261. The van der Waals surface area contributed by atoms with Crippen molar-refractivity contribution in [3.05, 3.63) is 78.1 Å². The normalized spacial score (nSPS) is 18.4. The number of hydrogen-bond acceptors (Lipinski definition) is 5. The number of likely N-dealkylation sites (tertiary alicyclic amines) is 1. The highest BCUT2D eigenvalue weighted by Crippen LogP contribution is 2.37. The third kappa shape index (κ3) is 3.39. The van der Waals surface area contributed by atoms with E-state index in [9.17, 15) is 9.59 Å². The van der Waals surface area contributed by atoms with Gasteiger partial charge < -0.3 is 9.64 Å². The summed E-state index contributed by atoms with van der Waals surface area (Å²) in [5, 5.41) is 0.742. The minimum Gasteiger partial charge on any atom is -0.468 e. The lowest BCUT2D eigenvalue weighted by atomic mass is 9.79. The summed E-state index contributed by atoms with van der Waals surface area (Å²) in [6.07, 6.45) is 4.07. The van der Waals surface area contributed by atoms with Crippen LogP contribution in [-0.4, -0.2) is 52.8 Å². The second-order valence-electron chi connectivity index (χ2n) is 7.22. The molecule has 0 spiro atoms. The molecule has 1 amide bonds.